The Morgan fingerprint density at radius 3 is 2.18 bits per heavy atom. The van der Waals surface area contributed by atoms with Gasteiger partial charge in [-0.25, -0.2) is 0 Å². The molecule has 0 unspecified atom stereocenters. The lowest BCUT2D eigenvalue weighted by atomic mass is 10.2. The molecule has 0 aromatic rings. The molecule has 0 spiro atoms. The molecule has 0 atom stereocenters. The van der Waals surface area contributed by atoms with Crippen LogP contribution in [0.1, 0.15) is 20.8 Å². The van der Waals surface area contributed by atoms with E-state index in [1.807, 2.05) is 32.9 Å². The largest absolute Gasteiger partial charge is 0.501 e. The van der Waals surface area contributed by atoms with Gasteiger partial charge in [0.15, 0.2) is 0 Å². The topological polar surface area (TPSA) is 9.23 Å². The van der Waals surface area contributed by atoms with E-state index in [-0.39, 0.29) is 0 Å². The minimum Gasteiger partial charge on any atom is -0.501 e. The Hall–Kier alpha value is -0.980. The van der Waals surface area contributed by atoms with Crippen molar-refractivity contribution in [2.75, 3.05) is 7.11 Å². The molecule has 11 heavy (non-hydrogen) atoms. The quantitative estimate of drug-likeness (QED) is 0.446. The molecule has 0 saturated carbocycles. The van der Waals surface area contributed by atoms with Crippen LogP contribution >= 0.6 is 0 Å². The number of rotatable bonds is 3. The third-order valence-electron chi connectivity index (χ3n) is 1.63. The van der Waals surface area contributed by atoms with Crippen LogP contribution < -0.4 is 0 Å². The Kier molecular flexibility index (Phi) is 4.35. The fourth-order valence-electron chi connectivity index (χ4n) is 0.663. The summed E-state index contributed by atoms with van der Waals surface area (Å²) in [5, 5.41) is 0. The summed E-state index contributed by atoms with van der Waals surface area (Å²) >= 11 is 0. The van der Waals surface area contributed by atoms with Gasteiger partial charge in [0.1, 0.15) is 0 Å². The number of allylic oxidation sites excluding steroid dienone is 5. The zero-order valence-electron chi connectivity index (χ0n) is 7.77. The van der Waals surface area contributed by atoms with Crippen LogP contribution in [0.15, 0.2) is 35.6 Å². The first-order valence-corrected chi connectivity index (χ1v) is 3.64. The van der Waals surface area contributed by atoms with Crippen molar-refractivity contribution in [3.63, 3.8) is 0 Å². The van der Waals surface area contributed by atoms with Crippen LogP contribution in [0.2, 0.25) is 0 Å². The zero-order chi connectivity index (χ0) is 8.85. The first-order chi connectivity index (χ1) is 5.11. The highest BCUT2D eigenvalue weighted by atomic mass is 16.5. The molecule has 0 aliphatic heterocycles. The molecule has 0 fully saturated rings. The van der Waals surface area contributed by atoms with Gasteiger partial charge in [-0.3, -0.25) is 0 Å². The average Bonchev–Trinajstić information content (AvgIpc) is 2.02. The van der Waals surface area contributed by atoms with Gasteiger partial charge >= 0.3 is 0 Å². The fourth-order valence-corrected chi connectivity index (χ4v) is 0.663. The number of methoxy groups -OCH3 is 1. The number of hydrogen-bond acceptors (Lipinski definition) is 1. The third-order valence-corrected chi connectivity index (χ3v) is 1.63. The number of ether oxygens (including phenoxy) is 1. The molecule has 0 rings (SSSR count). The first-order valence-electron chi connectivity index (χ1n) is 3.64. The van der Waals surface area contributed by atoms with Crippen LogP contribution in [0.3, 0.4) is 0 Å². The minimum absolute atomic E-state index is 0.950. The Morgan fingerprint density at radius 2 is 1.82 bits per heavy atom. The summed E-state index contributed by atoms with van der Waals surface area (Å²) in [6.07, 6.45) is 3.87. The van der Waals surface area contributed by atoms with E-state index >= 15 is 0 Å². The van der Waals surface area contributed by atoms with Crippen LogP contribution in [0.25, 0.3) is 0 Å². The van der Waals surface area contributed by atoms with Crippen molar-refractivity contribution in [2.24, 2.45) is 0 Å². The van der Waals surface area contributed by atoms with Gasteiger partial charge in [-0.15, -0.1) is 0 Å². The van der Waals surface area contributed by atoms with E-state index in [4.69, 9.17) is 4.74 Å². The third kappa shape index (κ3) is 3.66. The summed E-state index contributed by atoms with van der Waals surface area (Å²) in [6.45, 7) is 9.65. The Bertz CT molecular complexity index is 197. The Morgan fingerprint density at radius 1 is 1.27 bits per heavy atom. The van der Waals surface area contributed by atoms with Gasteiger partial charge in [0.25, 0.3) is 0 Å². The maximum atomic E-state index is 5.06. The first kappa shape index (κ1) is 10.0. The highest BCUT2D eigenvalue weighted by Crippen LogP contribution is 2.08. The highest BCUT2D eigenvalue weighted by molar-refractivity contribution is 5.27. The van der Waals surface area contributed by atoms with Crippen LogP contribution in [0, 0.1) is 0 Å². The van der Waals surface area contributed by atoms with Gasteiger partial charge in [0.05, 0.1) is 12.9 Å². The van der Waals surface area contributed by atoms with Gasteiger partial charge in [0.2, 0.25) is 0 Å². The Labute approximate surface area is 69.1 Å². The van der Waals surface area contributed by atoms with Gasteiger partial charge in [-0.1, -0.05) is 24.3 Å². The van der Waals surface area contributed by atoms with E-state index in [1.165, 1.54) is 0 Å². The maximum absolute atomic E-state index is 5.06. The molecule has 0 aliphatic rings. The monoisotopic (exact) mass is 152 g/mol. The molecule has 0 N–H and O–H groups in total. The highest BCUT2D eigenvalue weighted by Gasteiger charge is 1.91. The average molecular weight is 152 g/mol. The molecule has 0 aliphatic carbocycles. The lowest BCUT2D eigenvalue weighted by molar-refractivity contribution is 0.290. The van der Waals surface area contributed by atoms with Crippen molar-refractivity contribution in [3.05, 3.63) is 35.6 Å². The molecule has 1 nitrogen and oxygen atoms in total. The molecule has 0 amide bonds. The molecule has 1 heteroatoms. The van der Waals surface area contributed by atoms with Gasteiger partial charge in [-0.2, -0.15) is 0 Å². The minimum atomic E-state index is 0.950. The van der Waals surface area contributed by atoms with Crippen molar-refractivity contribution in [2.45, 2.75) is 20.8 Å². The lowest BCUT2D eigenvalue weighted by Crippen LogP contribution is -1.84. The van der Waals surface area contributed by atoms with E-state index in [2.05, 4.69) is 6.58 Å². The molecule has 0 aromatic carbocycles. The Balaban J connectivity index is 4.49. The van der Waals surface area contributed by atoms with Crippen molar-refractivity contribution in [1.82, 2.24) is 0 Å². The van der Waals surface area contributed by atoms with Crippen molar-refractivity contribution >= 4 is 0 Å². The van der Waals surface area contributed by atoms with E-state index < -0.39 is 0 Å². The molecular formula is C10H16O. The lowest BCUT2D eigenvalue weighted by Gasteiger charge is -2.01. The van der Waals surface area contributed by atoms with Crippen LogP contribution in [0.4, 0.5) is 0 Å². The normalized spacial score (nSPS) is 14.0. The second-order valence-electron chi connectivity index (χ2n) is 2.54. The predicted octanol–water partition coefficient (Wildman–Crippen LogP) is 3.06. The molecule has 0 aromatic heterocycles. The van der Waals surface area contributed by atoms with Gasteiger partial charge in [0, 0.05) is 0 Å². The van der Waals surface area contributed by atoms with E-state index in [1.54, 1.807) is 7.11 Å². The van der Waals surface area contributed by atoms with Crippen LogP contribution in [0.5, 0.6) is 0 Å². The second kappa shape index (κ2) is 4.78. The maximum Gasteiger partial charge on any atom is 0.0953 e. The van der Waals surface area contributed by atoms with E-state index in [0.717, 1.165) is 16.9 Å². The zero-order valence-corrected chi connectivity index (χ0v) is 7.77. The molecule has 0 saturated heterocycles. The molecule has 0 bridgehead atoms. The fraction of sp³-hybridized carbons (Fsp3) is 0.400. The van der Waals surface area contributed by atoms with Gasteiger partial charge < -0.3 is 4.74 Å². The van der Waals surface area contributed by atoms with Crippen LogP contribution in [-0.4, -0.2) is 7.11 Å². The van der Waals surface area contributed by atoms with Crippen molar-refractivity contribution < 1.29 is 4.74 Å². The molecule has 0 radical (unpaired) electrons. The number of hydrogen-bond donors (Lipinski definition) is 0. The predicted molar refractivity (Wildman–Crippen MR) is 49.3 cm³/mol. The summed E-state index contributed by atoms with van der Waals surface area (Å²) in [4.78, 5) is 0. The van der Waals surface area contributed by atoms with E-state index in [0.29, 0.717) is 0 Å². The summed E-state index contributed by atoms with van der Waals surface area (Å²) in [7, 11) is 1.68. The van der Waals surface area contributed by atoms with Gasteiger partial charge in [-0.05, 0) is 26.3 Å². The molecule has 62 valence electrons. The summed E-state index contributed by atoms with van der Waals surface area (Å²) in [5.41, 5.74) is 2.30. The summed E-state index contributed by atoms with van der Waals surface area (Å²) in [6, 6.07) is 0. The van der Waals surface area contributed by atoms with Crippen molar-refractivity contribution in [1.29, 1.82) is 0 Å². The van der Waals surface area contributed by atoms with Crippen LogP contribution in [-0.2, 0) is 4.74 Å². The SMILES string of the molecule is C=C/C(C)=C\C(C)=C(/C)OC. The summed E-state index contributed by atoms with van der Waals surface area (Å²) in [5.74, 6) is 0.950. The molecular weight excluding hydrogens is 136 g/mol. The van der Waals surface area contributed by atoms with E-state index in [9.17, 15) is 0 Å². The standard InChI is InChI=1S/C10H16O/c1-6-8(2)7-9(3)10(4)11-5/h6-7H,1H2,2-5H3/b8-7-,10-9+. The molecule has 0 heterocycles. The van der Waals surface area contributed by atoms with Crippen molar-refractivity contribution in [3.8, 4) is 0 Å². The summed E-state index contributed by atoms with van der Waals surface area (Å²) < 4.78 is 5.06. The smallest absolute Gasteiger partial charge is 0.0953 e. The second-order valence-corrected chi connectivity index (χ2v) is 2.54.